The zero-order valence-electron chi connectivity index (χ0n) is 13.0. The van der Waals surface area contributed by atoms with Crippen LogP contribution in [-0.2, 0) is 0 Å². The second-order valence-electron chi connectivity index (χ2n) is 6.33. The number of hydrogen-bond donors (Lipinski definition) is 1. The van der Waals surface area contributed by atoms with Crippen LogP contribution >= 0.6 is 15.9 Å². The van der Waals surface area contributed by atoms with Crippen LogP contribution in [0.25, 0.3) is 0 Å². The molecule has 1 aliphatic rings. The van der Waals surface area contributed by atoms with Crippen molar-refractivity contribution in [2.45, 2.75) is 37.8 Å². The first kappa shape index (κ1) is 15.8. The number of halogens is 1. The molecule has 1 saturated carbocycles. The summed E-state index contributed by atoms with van der Waals surface area (Å²) in [5.74, 6) is 0. The van der Waals surface area contributed by atoms with Crippen LogP contribution in [0.4, 0.5) is 5.69 Å². The average Bonchev–Trinajstić information content (AvgIpc) is 2.32. The quantitative estimate of drug-likeness (QED) is 0.892. The molecule has 2 rings (SSSR count). The molecule has 0 aliphatic heterocycles. The summed E-state index contributed by atoms with van der Waals surface area (Å²) in [7, 11) is 6.57. The van der Waals surface area contributed by atoms with Gasteiger partial charge in [-0.3, -0.25) is 0 Å². The van der Waals surface area contributed by atoms with Crippen molar-refractivity contribution in [1.29, 1.82) is 0 Å². The van der Waals surface area contributed by atoms with E-state index in [9.17, 15) is 0 Å². The number of anilines is 1. The summed E-state index contributed by atoms with van der Waals surface area (Å²) >= 11 is 3.69. The van der Waals surface area contributed by atoms with Crippen LogP contribution in [0.15, 0.2) is 22.7 Å². The number of nitrogens with two attached hydrogens (primary N) is 1. The third-order valence-corrected chi connectivity index (χ3v) is 5.31. The molecule has 112 valence electrons. The van der Waals surface area contributed by atoms with Crippen LogP contribution in [0.2, 0.25) is 0 Å². The summed E-state index contributed by atoms with van der Waals surface area (Å²) in [6.07, 6.45) is 3.93. The Bertz CT molecular complexity index is 467. The Morgan fingerprint density at radius 1 is 1.30 bits per heavy atom. The number of nitrogens with zero attached hydrogens (tertiary/aromatic N) is 2. The van der Waals surface area contributed by atoms with Crippen LogP contribution in [0.3, 0.4) is 0 Å². The molecule has 0 unspecified atom stereocenters. The van der Waals surface area contributed by atoms with Gasteiger partial charge in [-0.25, -0.2) is 0 Å². The SMILES string of the molecule is C[C@@H](N)c1ccc(N(C)CC2(N(C)C)CCC2)c(Br)c1. The summed E-state index contributed by atoms with van der Waals surface area (Å²) < 4.78 is 1.13. The van der Waals surface area contributed by atoms with E-state index in [1.807, 2.05) is 6.92 Å². The van der Waals surface area contributed by atoms with Crippen molar-refractivity contribution in [3.63, 3.8) is 0 Å². The van der Waals surface area contributed by atoms with Gasteiger partial charge in [-0.05, 0) is 73.9 Å². The smallest absolute Gasteiger partial charge is 0.0508 e. The van der Waals surface area contributed by atoms with Crippen LogP contribution in [-0.4, -0.2) is 38.1 Å². The summed E-state index contributed by atoms with van der Waals surface area (Å²) in [6.45, 7) is 3.08. The Morgan fingerprint density at radius 2 is 1.95 bits per heavy atom. The maximum absolute atomic E-state index is 5.94. The highest BCUT2D eigenvalue weighted by atomic mass is 79.9. The second kappa shape index (κ2) is 6.04. The van der Waals surface area contributed by atoms with E-state index < -0.39 is 0 Å². The Hall–Kier alpha value is -0.580. The number of benzene rings is 1. The number of hydrogen-bond acceptors (Lipinski definition) is 3. The van der Waals surface area contributed by atoms with E-state index in [0.717, 1.165) is 11.0 Å². The highest BCUT2D eigenvalue weighted by Crippen LogP contribution is 2.38. The molecule has 0 saturated heterocycles. The second-order valence-corrected chi connectivity index (χ2v) is 7.18. The first-order chi connectivity index (χ1) is 9.35. The first-order valence-electron chi connectivity index (χ1n) is 7.29. The lowest BCUT2D eigenvalue weighted by Gasteiger charge is -2.49. The minimum Gasteiger partial charge on any atom is -0.372 e. The summed E-state index contributed by atoms with van der Waals surface area (Å²) in [4.78, 5) is 4.74. The van der Waals surface area contributed by atoms with Crippen molar-refractivity contribution >= 4 is 21.6 Å². The van der Waals surface area contributed by atoms with Gasteiger partial charge in [0.05, 0.1) is 5.69 Å². The van der Waals surface area contributed by atoms with Gasteiger partial charge in [-0.15, -0.1) is 0 Å². The molecule has 1 aromatic rings. The molecule has 0 heterocycles. The molecule has 3 nitrogen and oxygen atoms in total. The van der Waals surface area contributed by atoms with Crippen LogP contribution in [0.1, 0.15) is 37.8 Å². The van der Waals surface area contributed by atoms with E-state index in [2.05, 4.69) is 65.1 Å². The van der Waals surface area contributed by atoms with Gasteiger partial charge in [-0.2, -0.15) is 0 Å². The zero-order chi connectivity index (χ0) is 14.9. The molecule has 0 spiro atoms. The van der Waals surface area contributed by atoms with Gasteiger partial charge in [0.1, 0.15) is 0 Å². The fourth-order valence-electron chi connectivity index (χ4n) is 2.97. The highest BCUT2D eigenvalue weighted by molar-refractivity contribution is 9.10. The zero-order valence-corrected chi connectivity index (χ0v) is 14.6. The number of rotatable bonds is 5. The van der Waals surface area contributed by atoms with Crippen molar-refractivity contribution < 1.29 is 0 Å². The summed E-state index contributed by atoms with van der Waals surface area (Å²) in [6, 6.07) is 6.51. The van der Waals surface area contributed by atoms with E-state index in [4.69, 9.17) is 5.73 Å². The van der Waals surface area contributed by atoms with Crippen molar-refractivity contribution in [2.75, 3.05) is 32.6 Å². The van der Waals surface area contributed by atoms with E-state index in [1.54, 1.807) is 0 Å². The topological polar surface area (TPSA) is 32.5 Å². The van der Waals surface area contributed by atoms with Crippen LogP contribution < -0.4 is 10.6 Å². The van der Waals surface area contributed by atoms with Gasteiger partial charge < -0.3 is 15.5 Å². The van der Waals surface area contributed by atoms with Gasteiger partial charge in [0.25, 0.3) is 0 Å². The molecular formula is C16H26BrN3. The fraction of sp³-hybridized carbons (Fsp3) is 0.625. The molecule has 2 N–H and O–H groups in total. The van der Waals surface area contributed by atoms with E-state index in [1.165, 1.54) is 30.5 Å². The number of likely N-dealkylation sites (N-methyl/N-ethyl adjacent to an activating group) is 2. The Balaban J connectivity index is 2.15. The predicted molar refractivity (Wildman–Crippen MR) is 90.3 cm³/mol. The molecule has 0 aromatic heterocycles. The molecular weight excluding hydrogens is 314 g/mol. The van der Waals surface area contributed by atoms with E-state index in [0.29, 0.717) is 5.54 Å². The average molecular weight is 340 g/mol. The normalized spacial score (nSPS) is 18.8. The Kier molecular flexibility index (Phi) is 4.77. The fourth-order valence-corrected chi connectivity index (χ4v) is 3.67. The van der Waals surface area contributed by atoms with Crippen molar-refractivity contribution in [3.8, 4) is 0 Å². The molecule has 1 aromatic carbocycles. The van der Waals surface area contributed by atoms with Crippen LogP contribution in [0, 0.1) is 0 Å². The Labute approximate surface area is 131 Å². The minimum absolute atomic E-state index is 0.0744. The molecule has 1 aliphatic carbocycles. The lowest BCUT2D eigenvalue weighted by molar-refractivity contribution is 0.0683. The molecule has 0 bridgehead atoms. The van der Waals surface area contributed by atoms with Gasteiger partial charge in [0, 0.05) is 29.6 Å². The monoisotopic (exact) mass is 339 g/mol. The van der Waals surface area contributed by atoms with E-state index in [-0.39, 0.29) is 6.04 Å². The molecule has 20 heavy (non-hydrogen) atoms. The summed E-state index contributed by atoms with van der Waals surface area (Å²) in [5.41, 5.74) is 8.69. The first-order valence-corrected chi connectivity index (χ1v) is 8.09. The molecule has 1 fully saturated rings. The highest BCUT2D eigenvalue weighted by Gasteiger charge is 2.40. The summed E-state index contributed by atoms with van der Waals surface area (Å²) in [5, 5.41) is 0. The lowest BCUT2D eigenvalue weighted by Crippen LogP contribution is -2.56. The van der Waals surface area contributed by atoms with Crippen LogP contribution in [0.5, 0.6) is 0 Å². The van der Waals surface area contributed by atoms with Gasteiger partial charge in [0.2, 0.25) is 0 Å². The molecule has 0 radical (unpaired) electrons. The Morgan fingerprint density at radius 3 is 2.35 bits per heavy atom. The third-order valence-electron chi connectivity index (χ3n) is 4.67. The molecule has 0 amide bonds. The van der Waals surface area contributed by atoms with Crippen molar-refractivity contribution in [1.82, 2.24) is 4.90 Å². The van der Waals surface area contributed by atoms with Crippen molar-refractivity contribution in [3.05, 3.63) is 28.2 Å². The van der Waals surface area contributed by atoms with Gasteiger partial charge >= 0.3 is 0 Å². The molecule has 1 atom stereocenters. The van der Waals surface area contributed by atoms with E-state index >= 15 is 0 Å². The standard InChI is InChI=1S/C16H26BrN3/c1-12(18)13-6-7-15(14(17)10-13)20(4)11-16(19(2)3)8-5-9-16/h6-7,10,12H,5,8-9,11,18H2,1-4H3/t12-/m1/s1. The largest absolute Gasteiger partial charge is 0.372 e. The van der Waals surface area contributed by atoms with Gasteiger partial charge in [-0.1, -0.05) is 6.07 Å². The lowest BCUT2D eigenvalue weighted by atomic mass is 9.75. The third kappa shape index (κ3) is 3.02. The maximum Gasteiger partial charge on any atom is 0.0508 e. The minimum atomic E-state index is 0.0744. The van der Waals surface area contributed by atoms with Gasteiger partial charge in [0.15, 0.2) is 0 Å². The maximum atomic E-state index is 5.94. The predicted octanol–water partition coefficient (Wildman–Crippen LogP) is 3.39. The molecule has 4 heteroatoms. The van der Waals surface area contributed by atoms with Crippen molar-refractivity contribution in [2.24, 2.45) is 5.73 Å².